The minimum atomic E-state index is -4.56. The molecule has 5 rings (SSSR count). The molecule has 1 saturated heterocycles. The van der Waals surface area contributed by atoms with Crippen molar-refractivity contribution in [1.82, 2.24) is 14.5 Å². The lowest BCUT2D eigenvalue weighted by Crippen LogP contribution is -2.46. The third-order valence-electron chi connectivity index (χ3n) is 7.44. The van der Waals surface area contributed by atoms with E-state index in [1.54, 1.807) is 7.05 Å². The van der Waals surface area contributed by atoms with E-state index < -0.39 is 11.9 Å². The van der Waals surface area contributed by atoms with Gasteiger partial charge in [-0.05, 0) is 47.4 Å². The van der Waals surface area contributed by atoms with E-state index in [4.69, 9.17) is 5.73 Å². The number of aromatic nitrogens is 3. The average Bonchev–Trinajstić information content (AvgIpc) is 3.13. The standard InChI is InChI=1S/C27H26F3N5O/c1-34-24(36)20(8-4-7-18-9-5-13-32-23(18)27(28,29)30)17-33-25(34)35-14-11-26(12-15-35)16-19-6-2-3-10-21(19)22(26)31/h2-3,5-6,9-10,13,17,22H,7,11-12,14-16,31H2,1H3/t22-/m1/s1. The van der Waals surface area contributed by atoms with Gasteiger partial charge in [0.25, 0.3) is 5.56 Å². The van der Waals surface area contributed by atoms with Crippen LogP contribution in [0.3, 0.4) is 0 Å². The molecule has 3 heterocycles. The summed E-state index contributed by atoms with van der Waals surface area (Å²) in [7, 11) is 1.64. The number of benzene rings is 1. The third kappa shape index (κ3) is 4.26. The Bertz CT molecular complexity index is 1410. The van der Waals surface area contributed by atoms with Gasteiger partial charge in [-0.3, -0.25) is 14.3 Å². The van der Waals surface area contributed by atoms with Crippen LogP contribution < -0.4 is 16.2 Å². The van der Waals surface area contributed by atoms with Crippen LogP contribution in [0.1, 0.15) is 46.8 Å². The smallest absolute Gasteiger partial charge is 0.342 e. The zero-order valence-electron chi connectivity index (χ0n) is 19.8. The predicted octanol–water partition coefficient (Wildman–Crippen LogP) is 3.63. The Balaban J connectivity index is 1.30. The number of rotatable bonds is 2. The number of alkyl halides is 3. The molecule has 186 valence electrons. The van der Waals surface area contributed by atoms with E-state index in [1.165, 1.54) is 34.0 Å². The van der Waals surface area contributed by atoms with E-state index in [1.807, 2.05) is 6.07 Å². The normalized spacial score (nSPS) is 18.6. The summed E-state index contributed by atoms with van der Waals surface area (Å²) in [4.78, 5) is 22.9. The van der Waals surface area contributed by atoms with E-state index in [9.17, 15) is 18.0 Å². The molecule has 0 radical (unpaired) electrons. The maximum atomic E-state index is 13.1. The first-order valence-electron chi connectivity index (χ1n) is 11.8. The fraction of sp³-hybridized carbons (Fsp3) is 0.370. The summed E-state index contributed by atoms with van der Waals surface area (Å²) < 4.78 is 40.9. The van der Waals surface area contributed by atoms with Crippen molar-refractivity contribution < 1.29 is 13.2 Å². The van der Waals surface area contributed by atoms with Gasteiger partial charge in [-0.15, -0.1) is 0 Å². The second-order valence-electron chi connectivity index (χ2n) is 9.53. The lowest BCUT2D eigenvalue weighted by molar-refractivity contribution is -0.141. The molecule has 36 heavy (non-hydrogen) atoms. The summed E-state index contributed by atoms with van der Waals surface area (Å²) in [5, 5.41) is 0. The summed E-state index contributed by atoms with van der Waals surface area (Å²) in [5.41, 5.74) is 8.04. The highest BCUT2D eigenvalue weighted by molar-refractivity contribution is 5.42. The molecule has 2 N–H and O–H groups in total. The zero-order chi connectivity index (χ0) is 25.5. The molecule has 3 aromatic rings. The molecule has 0 bridgehead atoms. The number of piperidine rings is 1. The summed E-state index contributed by atoms with van der Waals surface area (Å²) in [5.74, 6) is 5.92. The van der Waals surface area contributed by atoms with Gasteiger partial charge in [0.1, 0.15) is 11.3 Å². The first-order valence-corrected chi connectivity index (χ1v) is 11.8. The maximum Gasteiger partial charge on any atom is 0.433 e. The Kier molecular flexibility index (Phi) is 6.08. The van der Waals surface area contributed by atoms with Crippen molar-refractivity contribution in [3.63, 3.8) is 0 Å². The number of fused-ring (bicyclic) bond motifs is 1. The van der Waals surface area contributed by atoms with Crippen LogP contribution in [0, 0.1) is 17.3 Å². The largest absolute Gasteiger partial charge is 0.433 e. The van der Waals surface area contributed by atoms with Crippen molar-refractivity contribution in [3.05, 3.63) is 87.1 Å². The quantitative estimate of drug-likeness (QED) is 0.552. The highest BCUT2D eigenvalue weighted by atomic mass is 19.4. The molecule has 1 fully saturated rings. The predicted molar refractivity (Wildman–Crippen MR) is 130 cm³/mol. The topological polar surface area (TPSA) is 77.0 Å². The summed E-state index contributed by atoms with van der Waals surface area (Å²) >= 11 is 0. The minimum absolute atomic E-state index is 0.00274. The van der Waals surface area contributed by atoms with Crippen molar-refractivity contribution in [2.45, 2.75) is 37.9 Å². The summed E-state index contributed by atoms with van der Waals surface area (Å²) in [6, 6.07) is 11.1. The van der Waals surface area contributed by atoms with E-state index in [-0.39, 0.29) is 34.6 Å². The Morgan fingerprint density at radius 2 is 1.89 bits per heavy atom. The van der Waals surface area contributed by atoms with Gasteiger partial charge in [0.05, 0.1) is 6.20 Å². The molecular weight excluding hydrogens is 467 g/mol. The van der Waals surface area contributed by atoms with Gasteiger partial charge < -0.3 is 10.6 Å². The van der Waals surface area contributed by atoms with Gasteiger partial charge in [0.15, 0.2) is 0 Å². The fourth-order valence-electron chi connectivity index (χ4n) is 5.44. The molecule has 2 aliphatic rings. The lowest BCUT2D eigenvalue weighted by atomic mass is 9.73. The van der Waals surface area contributed by atoms with Crippen LogP contribution >= 0.6 is 0 Å². The number of anilines is 1. The Morgan fingerprint density at radius 3 is 2.61 bits per heavy atom. The van der Waals surface area contributed by atoms with Gasteiger partial charge in [0.2, 0.25) is 5.95 Å². The van der Waals surface area contributed by atoms with Crippen LogP contribution in [0.5, 0.6) is 0 Å². The van der Waals surface area contributed by atoms with Gasteiger partial charge in [-0.1, -0.05) is 42.2 Å². The molecule has 6 nitrogen and oxygen atoms in total. The SMILES string of the molecule is Cn1c(N2CCC3(CC2)Cc2ccccc2[C@H]3N)ncc(C#CCc2cccnc2C(F)(F)F)c1=O. The molecule has 0 saturated carbocycles. The first kappa shape index (κ1) is 24.1. The van der Waals surface area contributed by atoms with Crippen molar-refractivity contribution in [3.8, 4) is 11.8 Å². The number of pyridine rings is 1. The van der Waals surface area contributed by atoms with Crippen LogP contribution in [0.25, 0.3) is 0 Å². The summed E-state index contributed by atoms with van der Waals surface area (Å²) in [6.45, 7) is 1.46. The molecular formula is C27H26F3N5O. The monoisotopic (exact) mass is 493 g/mol. The van der Waals surface area contributed by atoms with Gasteiger partial charge in [-0.25, -0.2) is 4.98 Å². The lowest BCUT2D eigenvalue weighted by Gasteiger charge is -2.42. The number of nitrogens with two attached hydrogens (primary N) is 1. The highest BCUT2D eigenvalue weighted by Crippen LogP contribution is 2.50. The highest BCUT2D eigenvalue weighted by Gasteiger charge is 2.46. The molecule has 1 spiro atoms. The van der Waals surface area contributed by atoms with Crippen molar-refractivity contribution in [1.29, 1.82) is 0 Å². The van der Waals surface area contributed by atoms with Gasteiger partial charge >= 0.3 is 6.18 Å². The molecule has 1 aromatic carbocycles. The second kappa shape index (κ2) is 9.10. The fourth-order valence-corrected chi connectivity index (χ4v) is 5.44. The molecule has 1 aliphatic carbocycles. The van der Waals surface area contributed by atoms with Crippen molar-refractivity contribution >= 4 is 5.95 Å². The van der Waals surface area contributed by atoms with Crippen molar-refractivity contribution in [2.75, 3.05) is 18.0 Å². The molecule has 0 unspecified atom stereocenters. The Hall–Kier alpha value is -3.64. The molecule has 0 amide bonds. The van der Waals surface area contributed by atoms with E-state index in [2.05, 4.69) is 44.9 Å². The summed E-state index contributed by atoms with van der Waals surface area (Å²) in [6.07, 6.45) is 0.520. The Morgan fingerprint density at radius 1 is 1.14 bits per heavy atom. The minimum Gasteiger partial charge on any atom is -0.342 e. The number of hydrogen-bond donors (Lipinski definition) is 1. The zero-order valence-corrected chi connectivity index (χ0v) is 19.8. The molecule has 9 heteroatoms. The van der Waals surface area contributed by atoms with E-state index >= 15 is 0 Å². The molecule has 1 aliphatic heterocycles. The van der Waals surface area contributed by atoms with Gasteiger partial charge in [-0.2, -0.15) is 13.2 Å². The number of hydrogen-bond acceptors (Lipinski definition) is 5. The van der Waals surface area contributed by atoms with Crippen LogP contribution in [0.2, 0.25) is 0 Å². The van der Waals surface area contributed by atoms with Crippen LogP contribution in [-0.4, -0.2) is 27.6 Å². The van der Waals surface area contributed by atoms with Gasteiger partial charge in [0, 0.05) is 38.8 Å². The second-order valence-corrected chi connectivity index (χ2v) is 9.53. The maximum absolute atomic E-state index is 13.1. The van der Waals surface area contributed by atoms with Crippen LogP contribution in [0.15, 0.2) is 53.6 Å². The third-order valence-corrected chi connectivity index (χ3v) is 7.44. The first-order chi connectivity index (χ1) is 17.2. The molecule has 2 aromatic heterocycles. The Labute approximate surface area is 207 Å². The van der Waals surface area contributed by atoms with Crippen molar-refractivity contribution in [2.24, 2.45) is 18.2 Å². The van der Waals surface area contributed by atoms with E-state index in [0.717, 1.165) is 38.5 Å². The number of halogens is 3. The van der Waals surface area contributed by atoms with Crippen LogP contribution in [0.4, 0.5) is 19.1 Å². The van der Waals surface area contributed by atoms with E-state index in [0.29, 0.717) is 5.95 Å². The molecule has 1 atom stereocenters. The average molecular weight is 494 g/mol. The number of nitrogens with zero attached hydrogens (tertiary/aromatic N) is 4. The van der Waals surface area contributed by atoms with Crippen LogP contribution in [-0.2, 0) is 26.1 Å².